The van der Waals surface area contributed by atoms with Crippen molar-refractivity contribution in [3.8, 4) is 6.07 Å². The van der Waals surface area contributed by atoms with E-state index in [0.29, 0.717) is 18.5 Å². The first-order valence-corrected chi connectivity index (χ1v) is 7.55. The molecular formula is C18H26N2O2. The van der Waals surface area contributed by atoms with Crippen molar-refractivity contribution >= 4 is 5.91 Å². The standard InChI is InChI=1S/C18H26N2O2/c1-13(21)10-17(2,3)12-20-16(22)18(4,5)15-8-6-7-14(9-15)11-19/h6-9,13,21H,10,12H2,1-5H3,(H,20,22)/t13-/m0/s1. The van der Waals surface area contributed by atoms with Crippen LogP contribution in [0.5, 0.6) is 0 Å². The van der Waals surface area contributed by atoms with Crippen LogP contribution < -0.4 is 5.32 Å². The lowest BCUT2D eigenvalue weighted by Gasteiger charge is -2.30. The Morgan fingerprint density at radius 1 is 1.36 bits per heavy atom. The first-order valence-electron chi connectivity index (χ1n) is 7.55. The Bertz CT molecular complexity index is 569. The Kier molecular flexibility index (Phi) is 5.73. The summed E-state index contributed by atoms with van der Waals surface area (Å²) in [5.41, 5.74) is 0.479. The van der Waals surface area contributed by atoms with Crippen molar-refractivity contribution in [1.82, 2.24) is 5.32 Å². The molecule has 2 N–H and O–H groups in total. The van der Waals surface area contributed by atoms with Crippen LogP contribution in [0.2, 0.25) is 0 Å². The second kappa shape index (κ2) is 6.93. The molecular weight excluding hydrogens is 276 g/mol. The molecule has 0 saturated heterocycles. The third kappa shape index (κ3) is 4.85. The molecule has 0 unspecified atom stereocenters. The minimum atomic E-state index is -0.715. The summed E-state index contributed by atoms with van der Waals surface area (Å²) in [6.45, 7) is 9.98. The summed E-state index contributed by atoms with van der Waals surface area (Å²) in [7, 11) is 0. The quantitative estimate of drug-likeness (QED) is 0.848. The summed E-state index contributed by atoms with van der Waals surface area (Å²) in [6.07, 6.45) is 0.227. The number of carbonyl (C=O) groups is 1. The third-order valence-corrected chi connectivity index (χ3v) is 3.86. The molecule has 0 aliphatic carbocycles. The van der Waals surface area contributed by atoms with E-state index >= 15 is 0 Å². The van der Waals surface area contributed by atoms with Gasteiger partial charge in [-0.1, -0.05) is 26.0 Å². The van der Waals surface area contributed by atoms with Crippen LogP contribution in [0, 0.1) is 16.7 Å². The molecule has 1 atom stereocenters. The maximum atomic E-state index is 12.5. The molecule has 0 aliphatic rings. The Balaban J connectivity index is 2.81. The van der Waals surface area contributed by atoms with E-state index in [1.54, 1.807) is 25.1 Å². The summed E-state index contributed by atoms with van der Waals surface area (Å²) in [5, 5.41) is 21.5. The first-order chi connectivity index (χ1) is 10.1. The number of nitriles is 1. The van der Waals surface area contributed by atoms with Crippen molar-refractivity contribution in [2.75, 3.05) is 6.54 Å². The zero-order valence-electron chi connectivity index (χ0n) is 14.1. The molecule has 1 amide bonds. The zero-order valence-corrected chi connectivity index (χ0v) is 14.1. The van der Waals surface area contributed by atoms with Gasteiger partial charge in [-0.05, 0) is 50.3 Å². The maximum absolute atomic E-state index is 12.5. The smallest absolute Gasteiger partial charge is 0.230 e. The van der Waals surface area contributed by atoms with Gasteiger partial charge >= 0.3 is 0 Å². The molecule has 0 fully saturated rings. The second-order valence-corrected chi connectivity index (χ2v) is 7.22. The molecule has 0 aliphatic heterocycles. The summed E-state index contributed by atoms with van der Waals surface area (Å²) in [5.74, 6) is -0.0822. The van der Waals surface area contributed by atoms with Crippen LogP contribution in [-0.4, -0.2) is 23.7 Å². The number of nitrogens with zero attached hydrogens (tertiary/aromatic N) is 1. The molecule has 120 valence electrons. The third-order valence-electron chi connectivity index (χ3n) is 3.86. The average molecular weight is 302 g/mol. The number of amides is 1. The van der Waals surface area contributed by atoms with E-state index in [1.165, 1.54) is 0 Å². The normalized spacial score (nSPS) is 13.3. The number of carbonyl (C=O) groups excluding carboxylic acids is 1. The van der Waals surface area contributed by atoms with E-state index < -0.39 is 11.5 Å². The van der Waals surface area contributed by atoms with Crippen molar-refractivity contribution in [3.63, 3.8) is 0 Å². The number of aliphatic hydroxyl groups excluding tert-OH is 1. The van der Waals surface area contributed by atoms with Gasteiger partial charge in [-0.2, -0.15) is 5.26 Å². The van der Waals surface area contributed by atoms with Crippen LogP contribution >= 0.6 is 0 Å². The van der Waals surface area contributed by atoms with Gasteiger partial charge in [0.15, 0.2) is 0 Å². The van der Waals surface area contributed by atoms with Crippen LogP contribution in [0.4, 0.5) is 0 Å². The lowest BCUT2D eigenvalue weighted by Crippen LogP contribution is -2.44. The van der Waals surface area contributed by atoms with Crippen LogP contribution in [0.15, 0.2) is 24.3 Å². The minimum Gasteiger partial charge on any atom is -0.393 e. The van der Waals surface area contributed by atoms with Crippen molar-refractivity contribution in [2.45, 2.75) is 52.6 Å². The number of hydrogen-bond acceptors (Lipinski definition) is 3. The van der Waals surface area contributed by atoms with Crippen LogP contribution in [0.3, 0.4) is 0 Å². The average Bonchev–Trinajstić information content (AvgIpc) is 2.43. The molecule has 4 heteroatoms. The van der Waals surface area contributed by atoms with Gasteiger partial charge in [0.1, 0.15) is 0 Å². The minimum absolute atomic E-state index is 0.0822. The zero-order chi connectivity index (χ0) is 17.0. The molecule has 0 bridgehead atoms. The topological polar surface area (TPSA) is 73.1 Å². The summed E-state index contributed by atoms with van der Waals surface area (Å²) in [4.78, 5) is 12.5. The number of aliphatic hydroxyl groups is 1. The van der Waals surface area contributed by atoms with Gasteiger partial charge in [0.25, 0.3) is 0 Å². The van der Waals surface area contributed by atoms with E-state index in [9.17, 15) is 9.90 Å². The number of nitrogens with one attached hydrogen (secondary N) is 1. The first kappa shape index (κ1) is 18.2. The number of benzene rings is 1. The van der Waals surface area contributed by atoms with Gasteiger partial charge in [0.05, 0.1) is 23.2 Å². The largest absolute Gasteiger partial charge is 0.393 e. The van der Waals surface area contributed by atoms with Crippen LogP contribution in [0.1, 0.15) is 52.2 Å². The summed E-state index contributed by atoms with van der Waals surface area (Å²) < 4.78 is 0. The van der Waals surface area contributed by atoms with E-state index in [4.69, 9.17) is 5.26 Å². The molecule has 0 aromatic heterocycles. The Morgan fingerprint density at radius 2 is 2.00 bits per heavy atom. The van der Waals surface area contributed by atoms with Crippen molar-refractivity contribution in [3.05, 3.63) is 35.4 Å². The fraction of sp³-hybridized carbons (Fsp3) is 0.556. The van der Waals surface area contributed by atoms with Gasteiger partial charge in [-0.15, -0.1) is 0 Å². The van der Waals surface area contributed by atoms with Gasteiger partial charge in [0.2, 0.25) is 5.91 Å². The Labute approximate surface area is 133 Å². The van der Waals surface area contributed by atoms with E-state index in [2.05, 4.69) is 11.4 Å². The molecule has 0 heterocycles. The Morgan fingerprint density at radius 3 is 2.55 bits per heavy atom. The molecule has 0 spiro atoms. The SMILES string of the molecule is C[C@H](O)CC(C)(C)CNC(=O)C(C)(C)c1cccc(C#N)c1. The van der Waals surface area contributed by atoms with Crippen LogP contribution in [-0.2, 0) is 10.2 Å². The molecule has 1 rings (SSSR count). The fourth-order valence-electron chi connectivity index (χ4n) is 2.52. The number of rotatable bonds is 6. The highest BCUT2D eigenvalue weighted by atomic mass is 16.3. The van der Waals surface area contributed by atoms with Gasteiger partial charge in [0, 0.05) is 6.54 Å². The molecule has 1 aromatic carbocycles. The molecule has 22 heavy (non-hydrogen) atoms. The van der Waals surface area contributed by atoms with E-state index in [0.717, 1.165) is 5.56 Å². The maximum Gasteiger partial charge on any atom is 0.230 e. The van der Waals surface area contributed by atoms with Crippen LogP contribution in [0.25, 0.3) is 0 Å². The predicted molar refractivity (Wildman–Crippen MR) is 87.3 cm³/mol. The second-order valence-electron chi connectivity index (χ2n) is 7.22. The van der Waals surface area contributed by atoms with Gasteiger partial charge in [-0.25, -0.2) is 0 Å². The monoisotopic (exact) mass is 302 g/mol. The Hall–Kier alpha value is -1.86. The lowest BCUT2D eigenvalue weighted by atomic mass is 9.82. The molecule has 1 aromatic rings. The highest BCUT2D eigenvalue weighted by molar-refractivity contribution is 5.87. The molecule has 0 saturated carbocycles. The number of hydrogen-bond donors (Lipinski definition) is 2. The van der Waals surface area contributed by atoms with Crippen molar-refractivity contribution < 1.29 is 9.90 Å². The highest BCUT2D eigenvalue weighted by Crippen LogP contribution is 2.26. The van der Waals surface area contributed by atoms with Crippen molar-refractivity contribution in [1.29, 1.82) is 5.26 Å². The highest BCUT2D eigenvalue weighted by Gasteiger charge is 2.31. The molecule has 0 radical (unpaired) electrons. The fourth-order valence-corrected chi connectivity index (χ4v) is 2.52. The van der Waals surface area contributed by atoms with E-state index in [-0.39, 0.29) is 11.3 Å². The van der Waals surface area contributed by atoms with Gasteiger partial charge in [-0.3, -0.25) is 4.79 Å². The van der Waals surface area contributed by atoms with Crippen molar-refractivity contribution in [2.24, 2.45) is 5.41 Å². The lowest BCUT2D eigenvalue weighted by molar-refractivity contribution is -0.126. The van der Waals surface area contributed by atoms with E-state index in [1.807, 2.05) is 33.8 Å². The summed E-state index contributed by atoms with van der Waals surface area (Å²) >= 11 is 0. The summed E-state index contributed by atoms with van der Waals surface area (Å²) in [6, 6.07) is 9.23. The molecule has 4 nitrogen and oxygen atoms in total. The predicted octanol–water partition coefficient (Wildman–Crippen LogP) is 2.75. The van der Waals surface area contributed by atoms with Gasteiger partial charge < -0.3 is 10.4 Å².